The largest absolute Gasteiger partial charge is 0.0654 e. The molecule has 0 spiro atoms. The molecule has 0 aromatic rings. The van der Waals surface area contributed by atoms with Gasteiger partial charge in [-0.05, 0) is 47.8 Å². The smallest absolute Gasteiger partial charge is 0.0329 e. The molecule has 7 atom stereocenters. The van der Waals surface area contributed by atoms with Crippen LogP contribution in [0.4, 0.5) is 0 Å². The van der Waals surface area contributed by atoms with Crippen molar-refractivity contribution >= 4 is 0 Å². The third kappa shape index (κ3) is 4.23. The van der Waals surface area contributed by atoms with Crippen molar-refractivity contribution < 1.29 is 0 Å². The molecule has 1 rings (SSSR count). The molecule has 0 nitrogen and oxygen atoms in total. The van der Waals surface area contributed by atoms with Crippen LogP contribution >= 0.6 is 0 Å². The van der Waals surface area contributed by atoms with Gasteiger partial charge in [0.05, 0.1) is 0 Å². The first-order valence-electron chi connectivity index (χ1n) is 8.97. The van der Waals surface area contributed by atoms with Crippen LogP contribution < -0.4 is 0 Å². The summed E-state index contributed by atoms with van der Waals surface area (Å²) in [7, 11) is 0. The van der Waals surface area contributed by atoms with Crippen LogP contribution in [-0.4, -0.2) is 0 Å². The third-order valence-electron chi connectivity index (χ3n) is 6.24. The van der Waals surface area contributed by atoms with Crippen LogP contribution in [0.3, 0.4) is 0 Å². The Kier molecular flexibility index (Phi) is 6.91. The van der Waals surface area contributed by atoms with E-state index in [4.69, 9.17) is 0 Å². The van der Waals surface area contributed by atoms with Gasteiger partial charge in [-0.1, -0.05) is 74.1 Å². The van der Waals surface area contributed by atoms with E-state index in [-0.39, 0.29) is 0 Å². The zero-order valence-corrected chi connectivity index (χ0v) is 14.6. The summed E-state index contributed by atoms with van der Waals surface area (Å²) < 4.78 is 0. The second kappa shape index (κ2) is 7.70. The molecule has 0 aliphatic heterocycles. The lowest BCUT2D eigenvalue weighted by atomic mass is 9.75. The van der Waals surface area contributed by atoms with Crippen LogP contribution in [-0.2, 0) is 0 Å². The summed E-state index contributed by atoms with van der Waals surface area (Å²) in [6, 6.07) is 0. The molecule has 0 amide bonds. The summed E-state index contributed by atoms with van der Waals surface area (Å²) in [6.45, 7) is 17.1. The summed E-state index contributed by atoms with van der Waals surface area (Å²) in [6.07, 6.45) is 6.99. The van der Waals surface area contributed by atoms with Gasteiger partial charge in [0.25, 0.3) is 0 Å². The van der Waals surface area contributed by atoms with Crippen molar-refractivity contribution in [2.75, 3.05) is 0 Å². The topological polar surface area (TPSA) is 0 Å². The summed E-state index contributed by atoms with van der Waals surface area (Å²) in [5, 5.41) is 0. The van der Waals surface area contributed by atoms with Gasteiger partial charge in [0.15, 0.2) is 0 Å². The molecule has 1 aliphatic rings. The van der Waals surface area contributed by atoms with Gasteiger partial charge >= 0.3 is 0 Å². The summed E-state index contributed by atoms with van der Waals surface area (Å²) in [5.74, 6) is 6.78. The predicted molar refractivity (Wildman–Crippen MR) is 87.2 cm³/mol. The highest BCUT2D eigenvalue weighted by molar-refractivity contribution is 4.96. The van der Waals surface area contributed by atoms with Crippen molar-refractivity contribution in [1.29, 1.82) is 0 Å². The molecule has 1 aliphatic carbocycles. The van der Waals surface area contributed by atoms with Crippen molar-refractivity contribution in [3.05, 3.63) is 0 Å². The average molecular weight is 267 g/mol. The summed E-state index contributed by atoms with van der Waals surface area (Å²) >= 11 is 0. The first kappa shape index (κ1) is 17.1. The molecule has 0 radical (unpaired) electrons. The van der Waals surface area contributed by atoms with Crippen LogP contribution in [0, 0.1) is 41.4 Å². The third-order valence-corrected chi connectivity index (χ3v) is 6.24. The summed E-state index contributed by atoms with van der Waals surface area (Å²) in [5.41, 5.74) is 0. The maximum Gasteiger partial charge on any atom is -0.0329 e. The Morgan fingerprint density at radius 1 is 0.947 bits per heavy atom. The molecule has 1 saturated carbocycles. The van der Waals surface area contributed by atoms with E-state index in [1.54, 1.807) is 0 Å². The molecule has 0 saturated heterocycles. The highest BCUT2D eigenvalue weighted by Gasteiger charge is 2.48. The fourth-order valence-corrected chi connectivity index (χ4v) is 4.85. The van der Waals surface area contributed by atoms with Crippen LogP contribution in [0.15, 0.2) is 0 Å². The van der Waals surface area contributed by atoms with Gasteiger partial charge in [-0.2, -0.15) is 0 Å². The van der Waals surface area contributed by atoms with Gasteiger partial charge in [-0.3, -0.25) is 0 Å². The maximum atomic E-state index is 2.52. The minimum Gasteiger partial charge on any atom is -0.0654 e. The number of hydrogen-bond donors (Lipinski definition) is 0. The standard InChI is InChI=1S/C19H38/c1-8-11-18(13(4)9-2)14(5)12-15(6)19-16(7)17(19)10-3/h13-19H,8-12H2,1-7H3. The van der Waals surface area contributed by atoms with E-state index in [1.807, 2.05) is 0 Å². The lowest BCUT2D eigenvalue weighted by Crippen LogP contribution is -2.22. The monoisotopic (exact) mass is 266 g/mol. The molecule has 0 heteroatoms. The van der Waals surface area contributed by atoms with Crippen molar-refractivity contribution in [3.63, 3.8) is 0 Å². The first-order valence-corrected chi connectivity index (χ1v) is 8.97. The van der Waals surface area contributed by atoms with Crippen LogP contribution in [0.1, 0.15) is 80.6 Å². The van der Waals surface area contributed by atoms with Crippen molar-refractivity contribution in [1.82, 2.24) is 0 Å². The van der Waals surface area contributed by atoms with Crippen LogP contribution in [0.5, 0.6) is 0 Å². The van der Waals surface area contributed by atoms with Crippen LogP contribution in [0.25, 0.3) is 0 Å². The van der Waals surface area contributed by atoms with E-state index in [2.05, 4.69) is 48.5 Å². The van der Waals surface area contributed by atoms with E-state index >= 15 is 0 Å². The lowest BCUT2D eigenvalue weighted by Gasteiger charge is -2.31. The molecule has 19 heavy (non-hydrogen) atoms. The molecule has 0 aromatic heterocycles. The van der Waals surface area contributed by atoms with Gasteiger partial charge < -0.3 is 0 Å². The minimum absolute atomic E-state index is 0.903. The highest BCUT2D eigenvalue weighted by atomic mass is 14.5. The van der Waals surface area contributed by atoms with E-state index in [0.29, 0.717) is 0 Å². The predicted octanol–water partition coefficient (Wildman–Crippen LogP) is 6.40. The Labute approximate surface area is 122 Å². The van der Waals surface area contributed by atoms with Gasteiger partial charge in [0.1, 0.15) is 0 Å². The lowest BCUT2D eigenvalue weighted by molar-refractivity contribution is 0.193. The SMILES string of the molecule is CCCC(C(C)CC)C(C)CC(C)C1C(C)C1CC. The van der Waals surface area contributed by atoms with Crippen molar-refractivity contribution in [3.8, 4) is 0 Å². The molecule has 1 fully saturated rings. The zero-order valence-electron chi connectivity index (χ0n) is 14.6. The van der Waals surface area contributed by atoms with Gasteiger partial charge in [-0.15, -0.1) is 0 Å². The average Bonchev–Trinajstić information content (AvgIpc) is 3.05. The second-order valence-corrected chi connectivity index (χ2v) is 7.54. The fourth-order valence-electron chi connectivity index (χ4n) is 4.85. The molecule has 0 bridgehead atoms. The summed E-state index contributed by atoms with van der Waals surface area (Å²) in [4.78, 5) is 0. The van der Waals surface area contributed by atoms with Gasteiger partial charge in [-0.25, -0.2) is 0 Å². The Morgan fingerprint density at radius 2 is 1.58 bits per heavy atom. The normalized spacial score (nSPS) is 32.7. The van der Waals surface area contributed by atoms with Gasteiger partial charge in [0.2, 0.25) is 0 Å². The zero-order chi connectivity index (χ0) is 14.6. The Hall–Kier alpha value is 0. The molecule has 7 unspecified atom stereocenters. The van der Waals surface area contributed by atoms with Gasteiger partial charge in [0, 0.05) is 0 Å². The molecular formula is C19H38. The Morgan fingerprint density at radius 3 is 2.00 bits per heavy atom. The first-order chi connectivity index (χ1) is 8.97. The van der Waals surface area contributed by atoms with Crippen molar-refractivity contribution in [2.45, 2.75) is 80.6 Å². The highest BCUT2D eigenvalue weighted by Crippen LogP contribution is 2.54. The van der Waals surface area contributed by atoms with Crippen molar-refractivity contribution in [2.24, 2.45) is 41.4 Å². The molecule has 114 valence electrons. The van der Waals surface area contributed by atoms with E-state index in [1.165, 1.54) is 32.1 Å². The molecule has 0 heterocycles. The number of rotatable bonds is 9. The van der Waals surface area contributed by atoms with E-state index in [0.717, 1.165) is 41.4 Å². The quantitative estimate of drug-likeness (QED) is 0.453. The van der Waals surface area contributed by atoms with Crippen LogP contribution in [0.2, 0.25) is 0 Å². The van der Waals surface area contributed by atoms with E-state index < -0.39 is 0 Å². The fraction of sp³-hybridized carbons (Fsp3) is 1.00. The second-order valence-electron chi connectivity index (χ2n) is 7.54. The molecule has 0 aromatic carbocycles. The number of hydrogen-bond acceptors (Lipinski definition) is 0. The minimum atomic E-state index is 0.903. The molecular weight excluding hydrogens is 228 g/mol. The Bertz CT molecular complexity index is 244. The molecule has 0 N–H and O–H groups in total. The maximum absolute atomic E-state index is 2.52. The van der Waals surface area contributed by atoms with E-state index in [9.17, 15) is 0 Å². The Balaban J connectivity index is 2.49.